The van der Waals surface area contributed by atoms with E-state index in [1.54, 1.807) is 25.2 Å². The van der Waals surface area contributed by atoms with Crippen LogP contribution in [0.4, 0.5) is 20.1 Å². The number of nitrogens with zero attached hydrogens (tertiary/aromatic N) is 2. The van der Waals surface area contributed by atoms with Crippen LogP contribution in [0.1, 0.15) is 30.4 Å². The third-order valence-corrected chi connectivity index (χ3v) is 6.62. The van der Waals surface area contributed by atoms with Crippen LogP contribution in [0.5, 0.6) is 0 Å². The van der Waals surface area contributed by atoms with Crippen molar-refractivity contribution >= 4 is 59.9 Å². The van der Waals surface area contributed by atoms with Crippen molar-refractivity contribution in [3.8, 4) is 0 Å². The SMILES string of the molecule is CNC(CCCNC(N)=O)C(=O)Nc1ccc(COC(=O)O)c(COC/C(C=NC(COC(=O)NSNCCOC)CC(=O)O)=N/N)c1. The van der Waals surface area contributed by atoms with Crippen LogP contribution >= 0.6 is 12.1 Å². The summed E-state index contributed by atoms with van der Waals surface area (Å²) >= 11 is 0.874. The van der Waals surface area contributed by atoms with Crippen molar-refractivity contribution in [1.82, 2.24) is 20.1 Å². The lowest BCUT2D eigenvalue weighted by atomic mass is 10.1. The fourth-order valence-corrected chi connectivity index (χ4v) is 4.07. The molecule has 2 atom stereocenters. The topological polar surface area (TPSA) is 300 Å². The summed E-state index contributed by atoms with van der Waals surface area (Å²) < 4.78 is 25.5. The number of nitrogens with two attached hydrogens (primary N) is 2. The van der Waals surface area contributed by atoms with E-state index in [-0.39, 0.29) is 38.0 Å². The normalized spacial score (nSPS) is 12.6. The Morgan fingerprint density at radius 2 is 1.85 bits per heavy atom. The highest BCUT2D eigenvalue weighted by atomic mass is 32.2. The molecule has 20 nitrogen and oxygen atoms in total. The first kappa shape index (κ1) is 41.3. The Morgan fingerprint density at radius 1 is 1.08 bits per heavy atom. The lowest BCUT2D eigenvalue weighted by Crippen LogP contribution is -2.39. The van der Waals surface area contributed by atoms with Crippen molar-refractivity contribution in [1.29, 1.82) is 0 Å². The van der Waals surface area contributed by atoms with Gasteiger partial charge in [-0.25, -0.2) is 19.1 Å². The zero-order chi connectivity index (χ0) is 35.7. The molecule has 48 heavy (non-hydrogen) atoms. The number of rotatable bonds is 24. The molecule has 0 spiro atoms. The molecule has 0 fully saturated rings. The van der Waals surface area contributed by atoms with Gasteiger partial charge in [-0.05, 0) is 43.1 Å². The van der Waals surface area contributed by atoms with E-state index in [9.17, 15) is 29.1 Å². The van der Waals surface area contributed by atoms with Crippen LogP contribution in [-0.4, -0.2) is 111 Å². The third kappa shape index (κ3) is 19.1. The lowest BCUT2D eigenvalue weighted by molar-refractivity contribution is -0.137. The first-order chi connectivity index (χ1) is 23.0. The maximum absolute atomic E-state index is 12.8. The number of hydrogen-bond acceptors (Lipinski definition) is 15. The van der Waals surface area contributed by atoms with Gasteiger partial charge in [0.2, 0.25) is 5.91 Å². The van der Waals surface area contributed by atoms with Gasteiger partial charge in [-0.3, -0.25) is 19.3 Å². The highest BCUT2D eigenvalue weighted by Crippen LogP contribution is 2.19. The summed E-state index contributed by atoms with van der Waals surface area (Å²) in [6.07, 6.45) is -0.655. The maximum atomic E-state index is 12.8. The van der Waals surface area contributed by atoms with Crippen LogP contribution in [0.3, 0.4) is 0 Å². The number of carbonyl (C=O) groups excluding carboxylic acids is 3. The van der Waals surface area contributed by atoms with Gasteiger partial charge in [0.05, 0.1) is 38.3 Å². The molecule has 2 unspecified atom stereocenters. The maximum Gasteiger partial charge on any atom is 0.506 e. The van der Waals surface area contributed by atoms with Gasteiger partial charge < -0.3 is 56.7 Å². The van der Waals surface area contributed by atoms with Gasteiger partial charge in [-0.2, -0.15) is 5.10 Å². The number of ether oxygens (including phenoxy) is 4. The van der Waals surface area contributed by atoms with Gasteiger partial charge in [0.15, 0.2) is 0 Å². The molecular formula is C27H43N9O11S. The van der Waals surface area contributed by atoms with Gasteiger partial charge >= 0.3 is 24.2 Å². The van der Waals surface area contributed by atoms with E-state index in [0.717, 1.165) is 12.1 Å². The zero-order valence-electron chi connectivity index (χ0n) is 26.6. The summed E-state index contributed by atoms with van der Waals surface area (Å²) in [7, 11) is 3.15. The first-order valence-electron chi connectivity index (χ1n) is 14.4. The number of anilines is 1. The van der Waals surface area contributed by atoms with E-state index < -0.39 is 42.8 Å². The fourth-order valence-electron chi connectivity index (χ4n) is 3.67. The number of amides is 4. The van der Waals surface area contributed by atoms with Crippen molar-refractivity contribution in [3.05, 3.63) is 29.3 Å². The number of carbonyl (C=O) groups is 5. The quantitative estimate of drug-likeness (QED) is 0.0173. The molecular weight excluding hydrogens is 658 g/mol. The summed E-state index contributed by atoms with van der Waals surface area (Å²) in [5, 5.41) is 29.9. The van der Waals surface area contributed by atoms with Crippen LogP contribution < -0.4 is 37.0 Å². The number of primary amides is 1. The van der Waals surface area contributed by atoms with Gasteiger partial charge in [0, 0.05) is 44.2 Å². The molecule has 0 aliphatic heterocycles. The molecule has 1 aromatic carbocycles. The van der Waals surface area contributed by atoms with Gasteiger partial charge in [0.1, 0.15) is 18.9 Å². The van der Waals surface area contributed by atoms with Crippen molar-refractivity contribution < 1.29 is 53.1 Å². The minimum Gasteiger partial charge on any atom is -0.481 e. The van der Waals surface area contributed by atoms with Crippen molar-refractivity contribution in [2.45, 2.75) is 44.6 Å². The molecule has 0 saturated heterocycles. The minimum absolute atomic E-state index is 0.0962. The molecule has 11 N–H and O–H groups in total. The van der Waals surface area contributed by atoms with Crippen LogP contribution in [0, 0.1) is 0 Å². The number of carboxylic acids is 1. The average Bonchev–Trinajstić information content (AvgIpc) is 3.03. The number of hydrogen-bond donors (Lipinski definition) is 9. The second-order valence-corrected chi connectivity index (χ2v) is 10.3. The number of aliphatic imine (C=N–C) groups is 1. The molecule has 0 radical (unpaired) electrons. The Labute approximate surface area is 281 Å². The van der Waals surface area contributed by atoms with Gasteiger partial charge in [-0.15, -0.1) is 0 Å². The van der Waals surface area contributed by atoms with E-state index in [1.807, 2.05) is 0 Å². The molecule has 0 saturated carbocycles. The molecule has 21 heteroatoms. The number of aliphatic carboxylic acids is 1. The largest absolute Gasteiger partial charge is 0.506 e. The zero-order valence-corrected chi connectivity index (χ0v) is 27.4. The monoisotopic (exact) mass is 701 g/mol. The lowest BCUT2D eigenvalue weighted by Gasteiger charge is -2.17. The van der Waals surface area contributed by atoms with Crippen LogP contribution in [0.2, 0.25) is 0 Å². The highest BCUT2D eigenvalue weighted by molar-refractivity contribution is 7.96. The van der Waals surface area contributed by atoms with Crippen molar-refractivity contribution in [2.75, 3.05) is 52.4 Å². The molecule has 0 aliphatic rings. The number of urea groups is 1. The Bertz CT molecular complexity index is 1250. The molecule has 0 aliphatic carbocycles. The molecule has 4 amide bonds. The summed E-state index contributed by atoms with van der Waals surface area (Å²) in [6.45, 7) is 0.265. The van der Waals surface area contributed by atoms with E-state index in [0.29, 0.717) is 49.4 Å². The Kier molecular flexibility index (Phi) is 21.1. The number of likely N-dealkylation sites (N-methyl/N-ethyl adjacent to an activating group) is 1. The summed E-state index contributed by atoms with van der Waals surface area (Å²) in [5.74, 6) is 3.94. The van der Waals surface area contributed by atoms with Crippen LogP contribution in [0.15, 0.2) is 28.3 Å². The molecule has 0 aromatic heterocycles. The molecule has 268 valence electrons. The molecule has 0 bridgehead atoms. The average molecular weight is 702 g/mol. The number of carboxylic acid groups (broad SMARTS) is 2. The fraction of sp³-hybridized carbons (Fsp3) is 0.519. The van der Waals surface area contributed by atoms with Gasteiger partial charge in [-0.1, -0.05) is 6.07 Å². The summed E-state index contributed by atoms with van der Waals surface area (Å²) in [5.41, 5.74) is 6.50. The van der Waals surface area contributed by atoms with E-state index in [1.165, 1.54) is 13.3 Å². The first-order valence-corrected chi connectivity index (χ1v) is 15.2. The highest BCUT2D eigenvalue weighted by Gasteiger charge is 2.18. The number of methoxy groups -OCH3 is 1. The Hall–Kier alpha value is -4.70. The molecule has 1 rings (SSSR count). The van der Waals surface area contributed by atoms with Crippen molar-refractivity contribution in [3.63, 3.8) is 0 Å². The van der Waals surface area contributed by atoms with Crippen molar-refractivity contribution in [2.24, 2.45) is 21.7 Å². The standard InChI is InChI=1S/C27H43N9O11S/c1-30-22(4-3-7-31-25(28)40)24(39)34-19-6-5-17(14-47-27(42)43)18(10-19)13-45-15-21(35-29)12-32-20(11-23(37)38)16-46-26(41)36-48-33-8-9-44-2/h5-6,10,12,20,22,30,33H,3-4,7-9,11,13-16,29H2,1-2H3,(H,34,39)(H,36,41)(H,37,38)(H,42,43)(H3,28,31,40)/b32-12?,35-21+. The number of nitrogens with one attached hydrogen (secondary N) is 5. The van der Waals surface area contributed by atoms with Crippen LogP contribution in [-0.2, 0) is 41.8 Å². The predicted octanol–water partition coefficient (Wildman–Crippen LogP) is 0.127. The Morgan fingerprint density at radius 3 is 2.50 bits per heavy atom. The smallest absolute Gasteiger partial charge is 0.481 e. The number of hydrazone groups is 1. The van der Waals surface area contributed by atoms with E-state index in [2.05, 4.69) is 35.5 Å². The predicted molar refractivity (Wildman–Crippen MR) is 175 cm³/mol. The summed E-state index contributed by atoms with van der Waals surface area (Å²) in [6, 6.07) is 2.54. The second kappa shape index (κ2) is 24.5. The van der Waals surface area contributed by atoms with Gasteiger partial charge in [0.25, 0.3) is 0 Å². The van der Waals surface area contributed by atoms with Crippen LogP contribution in [0.25, 0.3) is 0 Å². The Balaban J connectivity index is 2.86. The molecule has 1 aromatic rings. The van der Waals surface area contributed by atoms with E-state index in [4.69, 9.17) is 35.6 Å². The number of benzene rings is 1. The third-order valence-electron chi connectivity index (χ3n) is 6.00. The second-order valence-electron chi connectivity index (χ2n) is 9.63. The minimum atomic E-state index is -1.48. The van der Waals surface area contributed by atoms with E-state index >= 15 is 0 Å². The summed E-state index contributed by atoms with van der Waals surface area (Å²) in [4.78, 5) is 62.0. The molecule has 0 heterocycles.